The number of hydrogen-bond acceptors (Lipinski definition) is 5. The van der Waals surface area contributed by atoms with Crippen molar-refractivity contribution in [1.29, 1.82) is 0 Å². The summed E-state index contributed by atoms with van der Waals surface area (Å²) in [6.45, 7) is 5.41. The van der Waals surface area contributed by atoms with Crippen LogP contribution in [-0.4, -0.2) is 46.3 Å². The highest BCUT2D eigenvalue weighted by molar-refractivity contribution is 5.95. The lowest BCUT2D eigenvalue weighted by molar-refractivity contribution is -0.124. The average molecular weight is 658 g/mol. The lowest BCUT2D eigenvalue weighted by Gasteiger charge is -2.42. The molecule has 2 bridgehead atoms. The molecule has 3 aliphatic rings. The maximum absolute atomic E-state index is 14.3. The SMILES string of the molecule is CC1(C)C2CCC1(C)C1C2C(C(F)(F)F)=NN1CC(=O)N[C@@H](Cc1cc(F)cc(F)c1)c1ncccc1-c1ccc(F)c(C(N)=O)c1. The van der Waals surface area contributed by atoms with E-state index in [4.69, 9.17) is 5.73 Å². The molecule has 2 heterocycles. The third kappa shape index (κ3) is 5.53. The Labute approximate surface area is 267 Å². The molecule has 1 aromatic heterocycles. The summed E-state index contributed by atoms with van der Waals surface area (Å²) >= 11 is 0. The van der Waals surface area contributed by atoms with Gasteiger partial charge in [0.05, 0.1) is 23.3 Å². The minimum atomic E-state index is -4.67. The van der Waals surface area contributed by atoms with Crippen LogP contribution in [0.25, 0.3) is 11.1 Å². The predicted molar refractivity (Wildman–Crippen MR) is 161 cm³/mol. The van der Waals surface area contributed by atoms with Crippen molar-refractivity contribution >= 4 is 17.5 Å². The van der Waals surface area contributed by atoms with Gasteiger partial charge in [0.1, 0.15) is 29.7 Å². The summed E-state index contributed by atoms with van der Waals surface area (Å²) in [4.78, 5) is 30.1. The van der Waals surface area contributed by atoms with Crippen LogP contribution in [0.1, 0.15) is 61.3 Å². The largest absolute Gasteiger partial charge is 0.431 e. The van der Waals surface area contributed by atoms with E-state index in [0.717, 1.165) is 18.2 Å². The molecular weight excluding hydrogens is 624 g/mol. The monoisotopic (exact) mass is 657 g/mol. The zero-order chi connectivity index (χ0) is 34.1. The van der Waals surface area contributed by atoms with Gasteiger partial charge >= 0.3 is 6.18 Å². The molecule has 2 aromatic carbocycles. The predicted octanol–water partition coefficient (Wildman–Crippen LogP) is 6.34. The Balaban J connectivity index is 1.36. The van der Waals surface area contributed by atoms with Crippen LogP contribution in [0, 0.1) is 40.1 Å². The molecule has 6 rings (SSSR count). The van der Waals surface area contributed by atoms with Crippen LogP contribution in [0.2, 0.25) is 0 Å². The smallest absolute Gasteiger partial charge is 0.366 e. The zero-order valence-electron chi connectivity index (χ0n) is 25.8. The van der Waals surface area contributed by atoms with Gasteiger partial charge in [0.2, 0.25) is 5.91 Å². The number of aromatic nitrogens is 1. The molecule has 3 aromatic rings. The molecule has 47 heavy (non-hydrogen) atoms. The van der Waals surface area contributed by atoms with Crippen LogP contribution in [0.4, 0.5) is 26.3 Å². The summed E-state index contributed by atoms with van der Waals surface area (Å²) in [6.07, 6.45) is -2.08. The highest BCUT2D eigenvalue weighted by Crippen LogP contribution is 2.70. The summed E-state index contributed by atoms with van der Waals surface area (Å²) in [5.41, 5.74) is 4.19. The summed E-state index contributed by atoms with van der Waals surface area (Å²) in [5, 5.41) is 8.06. The Bertz CT molecular complexity index is 1770. The number of rotatable bonds is 8. The van der Waals surface area contributed by atoms with Crippen molar-refractivity contribution in [2.75, 3.05) is 6.54 Å². The van der Waals surface area contributed by atoms with E-state index in [9.17, 15) is 35.9 Å². The van der Waals surface area contributed by atoms with E-state index < -0.39 is 76.5 Å². The molecule has 3 N–H and O–H groups in total. The lowest BCUT2D eigenvalue weighted by Crippen LogP contribution is -2.49. The van der Waals surface area contributed by atoms with E-state index in [0.29, 0.717) is 30.0 Å². The van der Waals surface area contributed by atoms with Gasteiger partial charge in [-0.15, -0.1) is 0 Å². The van der Waals surface area contributed by atoms with Crippen molar-refractivity contribution < 1.29 is 35.9 Å². The summed E-state index contributed by atoms with van der Waals surface area (Å²) in [6, 6.07) is 8.03. The molecule has 5 atom stereocenters. The van der Waals surface area contributed by atoms with Crippen LogP contribution in [0.15, 0.2) is 59.8 Å². The molecule has 2 saturated carbocycles. The maximum atomic E-state index is 14.3. The first-order chi connectivity index (χ1) is 22.0. The van der Waals surface area contributed by atoms with Crippen molar-refractivity contribution in [2.24, 2.45) is 33.5 Å². The minimum absolute atomic E-state index is 0.162. The molecule has 1 aliphatic heterocycles. The molecule has 2 amide bonds. The van der Waals surface area contributed by atoms with Crippen molar-refractivity contribution in [2.45, 2.75) is 58.3 Å². The Morgan fingerprint density at radius 3 is 2.43 bits per heavy atom. The molecule has 7 nitrogen and oxygen atoms in total. The number of nitrogens with zero attached hydrogens (tertiary/aromatic N) is 3. The fourth-order valence-electron chi connectivity index (χ4n) is 8.23. The number of hydrazone groups is 1. The summed E-state index contributed by atoms with van der Waals surface area (Å²) in [7, 11) is 0. The van der Waals surface area contributed by atoms with Crippen LogP contribution >= 0.6 is 0 Å². The number of halogens is 6. The highest BCUT2D eigenvalue weighted by Gasteiger charge is 2.72. The number of hydrogen-bond donors (Lipinski definition) is 2. The van der Waals surface area contributed by atoms with E-state index in [-0.39, 0.29) is 29.2 Å². The number of nitrogens with two attached hydrogens (primary N) is 1. The molecular formula is C34H33F6N5O2. The standard InChI is InChI=1S/C34H33F6N5O2/c1-32(2)23-8-9-33(32,3)30-27(23)29(34(38,39)40)44-45(30)16-26(46)43-25(13-17-11-19(35)15-20(36)12-17)28-21(5-4-10-42-28)18-6-7-24(37)22(14-18)31(41)47/h4-7,10-12,14-15,23,25,27,30H,8-9,13,16H2,1-3H3,(H2,41,47)(H,43,46)/t23?,25-,27?,30?,33?/m0/s1. The number of benzene rings is 2. The van der Waals surface area contributed by atoms with E-state index in [1.807, 2.05) is 20.8 Å². The number of carbonyl (C=O) groups excluding carboxylic acids is 2. The summed E-state index contributed by atoms with van der Waals surface area (Å²) in [5.74, 6) is -5.35. The van der Waals surface area contributed by atoms with Crippen LogP contribution in [0.5, 0.6) is 0 Å². The topological polar surface area (TPSA) is 101 Å². The van der Waals surface area contributed by atoms with Gasteiger partial charge in [0.25, 0.3) is 5.91 Å². The molecule has 2 fully saturated rings. The number of amides is 2. The van der Waals surface area contributed by atoms with Gasteiger partial charge < -0.3 is 11.1 Å². The number of alkyl halides is 3. The third-order valence-corrected chi connectivity index (χ3v) is 10.7. The average Bonchev–Trinajstić information content (AvgIpc) is 3.52. The van der Waals surface area contributed by atoms with Crippen molar-refractivity contribution in [3.8, 4) is 11.1 Å². The number of pyridine rings is 1. The van der Waals surface area contributed by atoms with Gasteiger partial charge in [-0.3, -0.25) is 19.6 Å². The van der Waals surface area contributed by atoms with Gasteiger partial charge in [-0.05, 0) is 77.5 Å². The number of fused-ring (bicyclic) bond motifs is 5. The third-order valence-electron chi connectivity index (χ3n) is 10.7. The van der Waals surface area contributed by atoms with E-state index in [2.05, 4.69) is 15.4 Å². The van der Waals surface area contributed by atoms with Gasteiger partial charge in [0.15, 0.2) is 0 Å². The summed E-state index contributed by atoms with van der Waals surface area (Å²) < 4.78 is 85.6. The highest BCUT2D eigenvalue weighted by atomic mass is 19.4. The second kappa shape index (κ2) is 11.4. The number of nitrogens with one attached hydrogen (secondary N) is 1. The van der Waals surface area contributed by atoms with Crippen molar-refractivity contribution in [3.63, 3.8) is 0 Å². The Morgan fingerprint density at radius 1 is 1.06 bits per heavy atom. The molecule has 248 valence electrons. The second-order valence-corrected chi connectivity index (χ2v) is 13.4. The van der Waals surface area contributed by atoms with Gasteiger partial charge in [-0.1, -0.05) is 32.9 Å². The zero-order valence-corrected chi connectivity index (χ0v) is 25.8. The van der Waals surface area contributed by atoms with E-state index in [1.165, 1.54) is 23.3 Å². The van der Waals surface area contributed by atoms with Gasteiger partial charge in [-0.25, -0.2) is 13.2 Å². The minimum Gasteiger partial charge on any atom is -0.366 e. The van der Waals surface area contributed by atoms with Crippen LogP contribution < -0.4 is 11.1 Å². The fourth-order valence-corrected chi connectivity index (χ4v) is 8.23. The van der Waals surface area contributed by atoms with Crippen LogP contribution in [0.3, 0.4) is 0 Å². The van der Waals surface area contributed by atoms with E-state index in [1.54, 1.807) is 12.1 Å². The Kier molecular flexibility index (Phi) is 7.87. The molecule has 13 heteroatoms. The number of primary amides is 1. The first kappa shape index (κ1) is 32.5. The van der Waals surface area contributed by atoms with Crippen LogP contribution in [-0.2, 0) is 11.2 Å². The second-order valence-electron chi connectivity index (χ2n) is 13.4. The van der Waals surface area contributed by atoms with E-state index >= 15 is 0 Å². The molecule has 0 spiro atoms. The number of carbonyl (C=O) groups is 2. The maximum Gasteiger partial charge on any atom is 0.431 e. The quantitative estimate of drug-likeness (QED) is 0.276. The van der Waals surface area contributed by atoms with Crippen molar-refractivity contribution in [3.05, 3.63) is 89.0 Å². The first-order valence-electron chi connectivity index (χ1n) is 15.2. The molecule has 2 aliphatic carbocycles. The van der Waals surface area contributed by atoms with Gasteiger partial charge in [-0.2, -0.15) is 18.3 Å². The van der Waals surface area contributed by atoms with Gasteiger partial charge in [0, 0.05) is 23.7 Å². The molecule has 0 radical (unpaired) electrons. The Morgan fingerprint density at radius 2 is 1.77 bits per heavy atom. The normalized spacial score (nSPS) is 25.0. The molecule has 4 unspecified atom stereocenters. The fraction of sp³-hybridized carbons (Fsp3) is 0.412. The van der Waals surface area contributed by atoms with Crippen molar-refractivity contribution in [1.82, 2.24) is 15.3 Å². The lowest BCUT2D eigenvalue weighted by atomic mass is 9.69. The molecule has 0 saturated heterocycles. The Hall–Kier alpha value is -4.42. The first-order valence-corrected chi connectivity index (χ1v) is 15.2.